The Morgan fingerprint density at radius 3 is 2.50 bits per heavy atom. The Morgan fingerprint density at radius 1 is 1.11 bits per heavy atom. The number of hydrogen-bond donors (Lipinski definition) is 2. The van der Waals surface area contributed by atoms with E-state index in [4.69, 9.17) is 4.98 Å². The monoisotopic (exact) mass is 400 g/mol. The second kappa shape index (κ2) is 7.89. The molecule has 0 saturated heterocycles. The molecular formula is C21H28N4O2S. The van der Waals surface area contributed by atoms with E-state index in [-0.39, 0.29) is 0 Å². The molecule has 0 bridgehead atoms. The van der Waals surface area contributed by atoms with Crippen LogP contribution in [0.4, 0.5) is 5.82 Å². The van der Waals surface area contributed by atoms with E-state index >= 15 is 0 Å². The SMILES string of the molecule is CCCc1nc2sc3c(N(C[C@@H](C)O)C[C@@H](C)O)ncnc3c2c2c1CCC2. The van der Waals surface area contributed by atoms with Crippen LogP contribution in [-0.2, 0) is 19.3 Å². The maximum atomic E-state index is 9.96. The first-order chi connectivity index (χ1) is 13.5. The van der Waals surface area contributed by atoms with Gasteiger partial charge in [0, 0.05) is 24.2 Å². The van der Waals surface area contributed by atoms with Crippen molar-refractivity contribution in [2.75, 3.05) is 18.0 Å². The Bertz CT molecular complexity index is 989. The molecule has 4 rings (SSSR count). The number of aromatic nitrogens is 3. The summed E-state index contributed by atoms with van der Waals surface area (Å²) in [6.07, 6.45) is 6.05. The van der Waals surface area contributed by atoms with E-state index in [1.165, 1.54) is 28.6 Å². The van der Waals surface area contributed by atoms with E-state index < -0.39 is 12.2 Å². The molecule has 0 unspecified atom stereocenters. The Balaban J connectivity index is 1.93. The summed E-state index contributed by atoms with van der Waals surface area (Å²) >= 11 is 1.64. The van der Waals surface area contributed by atoms with Gasteiger partial charge < -0.3 is 15.1 Å². The van der Waals surface area contributed by atoms with E-state index in [1.807, 2.05) is 4.90 Å². The molecule has 0 aliphatic heterocycles. The van der Waals surface area contributed by atoms with Crippen LogP contribution >= 0.6 is 11.3 Å². The molecule has 3 aromatic heterocycles. The third-order valence-electron chi connectivity index (χ3n) is 5.29. The van der Waals surface area contributed by atoms with Gasteiger partial charge in [0.2, 0.25) is 0 Å². The summed E-state index contributed by atoms with van der Waals surface area (Å²) in [6, 6.07) is 0. The molecule has 1 aliphatic rings. The number of hydrogen-bond acceptors (Lipinski definition) is 7. The van der Waals surface area contributed by atoms with Crippen LogP contribution in [-0.4, -0.2) is 50.5 Å². The summed E-state index contributed by atoms with van der Waals surface area (Å²) in [6.45, 7) is 6.54. The number of aliphatic hydroxyl groups excluding tert-OH is 2. The molecule has 0 aromatic carbocycles. The van der Waals surface area contributed by atoms with Crippen LogP contribution in [0.25, 0.3) is 20.4 Å². The van der Waals surface area contributed by atoms with Gasteiger partial charge in [-0.25, -0.2) is 15.0 Å². The second-order valence-electron chi connectivity index (χ2n) is 7.88. The standard InChI is InChI=1S/C21H28N4O2S/c1-4-6-16-14-7-5-8-15(14)17-18-19(28-21(17)24-16)20(23-11-22-18)25(9-12(2)26)10-13(3)27/h11-13,26-27H,4-10H2,1-3H3/t12-,13-/m1/s1. The minimum absolute atomic E-state index is 0.415. The molecule has 3 heterocycles. The lowest BCUT2D eigenvalue weighted by molar-refractivity contribution is 0.178. The summed E-state index contributed by atoms with van der Waals surface area (Å²) in [5.41, 5.74) is 5.05. The van der Waals surface area contributed by atoms with Gasteiger partial charge in [0.15, 0.2) is 0 Å². The zero-order chi connectivity index (χ0) is 19.8. The van der Waals surface area contributed by atoms with Crippen molar-refractivity contribution in [2.24, 2.45) is 0 Å². The van der Waals surface area contributed by atoms with Crippen molar-refractivity contribution < 1.29 is 10.2 Å². The van der Waals surface area contributed by atoms with Gasteiger partial charge >= 0.3 is 0 Å². The summed E-state index contributed by atoms with van der Waals surface area (Å²) in [4.78, 5) is 17.2. The molecule has 2 N–H and O–H groups in total. The van der Waals surface area contributed by atoms with Crippen LogP contribution in [0.2, 0.25) is 0 Å². The van der Waals surface area contributed by atoms with Crippen molar-refractivity contribution in [3.05, 3.63) is 23.1 Å². The number of aliphatic hydroxyl groups is 2. The molecule has 3 aromatic rings. The average Bonchev–Trinajstić information content (AvgIpc) is 3.24. The highest BCUT2D eigenvalue weighted by Crippen LogP contribution is 2.42. The van der Waals surface area contributed by atoms with E-state index in [1.54, 1.807) is 31.5 Å². The summed E-state index contributed by atoms with van der Waals surface area (Å²) in [7, 11) is 0. The number of aryl methyl sites for hydroxylation is 2. The molecule has 6 nitrogen and oxygen atoms in total. The number of rotatable bonds is 7. The molecule has 150 valence electrons. The number of pyridine rings is 1. The van der Waals surface area contributed by atoms with Crippen LogP contribution in [0.15, 0.2) is 6.33 Å². The summed E-state index contributed by atoms with van der Waals surface area (Å²) in [5.74, 6) is 0.776. The predicted molar refractivity (Wildman–Crippen MR) is 114 cm³/mol. The minimum atomic E-state index is -0.517. The number of nitrogens with zero attached hydrogens (tertiary/aromatic N) is 4. The molecule has 2 atom stereocenters. The van der Waals surface area contributed by atoms with E-state index in [0.29, 0.717) is 13.1 Å². The maximum absolute atomic E-state index is 9.96. The average molecular weight is 401 g/mol. The molecular weight excluding hydrogens is 372 g/mol. The van der Waals surface area contributed by atoms with Gasteiger partial charge in [0.05, 0.1) is 22.4 Å². The molecule has 0 radical (unpaired) electrons. The Morgan fingerprint density at radius 2 is 1.82 bits per heavy atom. The third kappa shape index (κ3) is 3.47. The largest absolute Gasteiger partial charge is 0.392 e. The van der Waals surface area contributed by atoms with Crippen LogP contribution < -0.4 is 4.90 Å². The topological polar surface area (TPSA) is 82.4 Å². The normalized spacial score (nSPS) is 15.9. The molecule has 0 amide bonds. The van der Waals surface area contributed by atoms with Crippen molar-refractivity contribution in [1.82, 2.24) is 15.0 Å². The molecule has 0 spiro atoms. The first kappa shape index (κ1) is 19.5. The summed E-state index contributed by atoms with van der Waals surface area (Å²) < 4.78 is 0.994. The molecule has 28 heavy (non-hydrogen) atoms. The van der Waals surface area contributed by atoms with Gasteiger partial charge in [0.25, 0.3) is 0 Å². The highest BCUT2D eigenvalue weighted by atomic mass is 32.1. The van der Waals surface area contributed by atoms with E-state index in [0.717, 1.165) is 46.5 Å². The predicted octanol–water partition coefficient (Wildman–Crippen LogP) is 3.25. The number of thiophene rings is 1. The smallest absolute Gasteiger partial charge is 0.150 e. The van der Waals surface area contributed by atoms with Crippen LogP contribution in [0.5, 0.6) is 0 Å². The second-order valence-corrected chi connectivity index (χ2v) is 8.88. The first-order valence-electron chi connectivity index (χ1n) is 10.2. The lowest BCUT2D eigenvalue weighted by Crippen LogP contribution is -2.37. The molecule has 0 fully saturated rings. The zero-order valence-electron chi connectivity index (χ0n) is 16.8. The van der Waals surface area contributed by atoms with Gasteiger partial charge in [-0.2, -0.15) is 0 Å². The number of fused-ring (bicyclic) bond motifs is 5. The van der Waals surface area contributed by atoms with Gasteiger partial charge in [0.1, 0.15) is 17.0 Å². The van der Waals surface area contributed by atoms with Crippen molar-refractivity contribution in [3.63, 3.8) is 0 Å². The fourth-order valence-electron chi connectivity index (χ4n) is 4.32. The minimum Gasteiger partial charge on any atom is -0.392 e. The maximum Gasteiger partial charge on any atom is 0.150 e. The van der Waals surface area contributed by atoms with E-state index in [2.05, 4.69) is 16.9 Å². The number of anilines is 1. The van der Waals surface area contributed by atoms with Crippen molar-refractivity contribution in [1.29, 1.82) is 0 Å². The van der Waals surface area contributed by atoms with E-state index in [9.17, 15) is 10.2 Å². The van der Waals surface area contributed by atoms with Crippen LogP contribution in [0.1, 0.15) is 50.4 Å². The molecule has 7 heteroatoms. The quantitative estimate of drug-likeness (QED) is 0.634. The zero-order valence-corrected chi connectivity index (χ0v) is 17.6. The Hall–Kier alpha value is -1.83. The summed E-state index contributed by atoms with van der Waals surface area (Å²) in [5, 5.41) is 21.1. The van der Waals surface area contributed by atoms with Gasteiger partial charge in [-0.3, -0.25) is 0 Å². The highest BCUT2D eigenvalue weighted by molar-refractivity contribution is 7.26. The first-order valence-corrected chi connectivity index (χ1v) is 11.0. The lowest BCUT2D eigenvalue weighted by Gasteiger charge is -2.26. The van der Waals surface area contributed by atoms with Gasteiger partial charge in [-0.15, -0.1) is 11.3 Å². The third-order valence-corrected chi connectivity index (χ3v) is 6.36. The lowest BCUT2D eigenvalue weighted by atomic mass is 10.0. The van der Waals surface area contributed by atoms with Crippen molar-refractivity contribution in [2.45, 2.75) is 65.1 Å². The fourth-order valence-corrected chi connectivity index (χ4v) is 5.51. The highest BCUT2D eigenvalue weighted by Gasteiger charge is 2.25. The van der Waals surface area contributed by atoms with Crippen LogP contribution in [0.3, 0.4) is 0 Å². The van der Waals surface area contributed by atoms with Gasteiger partial charge in [-0.05, 0) is 50.7 Å². The van der Waals surface area contributed by atoms with Crippen molar-refractivity contribution >= 4 is 37.6 Å². The Kier molecular flexibility index (Phi) is 5.49. The molecule has 0 saturated carbocycles. The van der Waals surface area contributed by atoms with Crippen molar-refractivity contribution in [3.8, 4) is 0 Å². The molecule has 1 aliphatic carbocycles. The fraction of sp³-hybridized carbons (Fsp3) is 0.571. The Labute approximate surface area is 169 Å². The van der Waals surface area contributed by atoms with Gasteiger partial charge in [-0.1, -0.05) is 13.3 Å². The van der Waals surface area contributed by atoms with Crippen LogP contribution in [0, 0.1) is 0 Å².